The number of aromatic nitrogens is 1. The van der Waals surface area contributed by atoms with Crippen molar-refractivity contribution in [3.8, 4) is 10.9 Å². The summed E-state index contributed by atoms with van der Waals surface area (Å²) in [5, 5.41) is 3.40. The van der Waals surface area contributed by atoms with Gasteiger partial charge in [0, 0.05) is 24.7 Å². The second-order valence-corrected chi connectivity index (χ2v) is 9.38. The van der Waals surface area contributed by atoms with Crippen molar-refractivity contribution < 1.29 is 13.9 Å². The summed E-state index contributed by atoms with van der Waals surface area (Å²) in [6.07, 6.45) is 5.33. The third-order valence-corrected chi connectivity index (χ3v) is 7.24. The van der Waals surface area contributed by atoms with Gasteiger partial charge in [-0.05, 0) is 68.0 Å². The number of nitrogens with one attached hydrogen (secondary N) is 1. The van der Waals surface area contributed by atoms with E-state index in [4.69, 9.17) is 10.5 Å². The predicted molar refractivity (Wildman–Crippen MR) is 119 cm³/mol. The Hall–Kier alpha value is -2.71. The van der Waals surface area contributed by atoms with Gasteiger partial charge in [0.05, 0.1) is 10.2 Å². The van der Waals surface area contributed by atoms with Crippen molar-refractivity contribution in [3.63, 3.8) is 0 Å². The van der Waals surface area contributed by atoms with Crippen LogP contribution in [0.2, 0.25) is 0 Å². The van der Waals surface area contributed by atoms with Crippen LogP contribution in [0.1, 0.15) is 31.2 Å². The minimum Gasteiger partial charge on any atom is -0.431 e. The molecule has 2 aliphatic rings. The van der Waals surface area contributed by atoms with Crippen molar-refractivity contribution in [3.05, 3.63) is 53.8 Å². The van der Waals surface area contributed by atoms with Crippen LogP contribution in [0.4, 0.5) is 9.18 Å². The number of nitrogens with zero attached hydrogens (tertiary/aromatic N) is 2. The standard InChI is InChI=1S/C23H25FN4O2S/c24-15-3-8-20-21(11-15)31-23(27-20)30-19-6-1-14(2-7-19)9-10-28-17-4-5-18(28)13-16(12-17)26-22(25)29/h1-3,6-8,11,16-18H,4-5,9-10,12-13H2,(H3,25,26,29)/t16?,17-,18+. The fraction of sp³-hybridized carbons (Fsp3) is 0.391. The molecule has 162 valence electrons. The zero-order chi connectivity index (χ0) is 21.4. The smallest absolute Gasteiger partial charge is 0.312 e. The van der Waals surface area contributed by atoms with Crippen LogP contribution >= 0.6 is 11.3 Å². The van der Waals surface area contributed by atoms with E-state index in [1.54, 1.807) is 6.07 Å². The highest BCUT2D eigenvalue weighted by molar-refractivity contribution is 7.20. The number of amides is 2. The summed E-state index contributed by atoms with van der Waals surface area (Å²) in [7, 11) is 0. The zero-order valence-corrected chi connectivity index (χ0v) is 17.9. The topological polar surface area (TPSA) is 80.5 Å². The minimum absolute atomic E-state index is 0.210. The minimum atomic E-state index is -0.418. The van der Waals surface area contributed by atoms with E-state index >= 15 is 0 Å². The van der Waals surface area contributed by atoms with E-state index in [0.29, 0.717) is 17.3 Å². The molecule has 2 fully saturated rings. The summed E-state index contributed by atoms with van der Waals surface area (Å²) in [5.41, 5.74) is 7.30. The van der Waals surface area contributed by atoms with E-state index < -0.39 is 6.03 Å². The van der Waals surface area contributed by atoms with E-state index in [0.717, 1.165) is 41.8 Å². The second-order valence-electron chi connectivity index (χ2n) is 8.39. The molecule has 2 saturated heterocycles. The Labute approximate surface area is 184 Å². The summed E-state index contributed by atoms with van der Waals surface area (Å²) in [6, 6.07) is 13.5. The van der Waals surface area contributed by atoms with Crippen LogP contribution in [-0.2, 0) is 6.42 Å². The molecule has 2 amide bonds. The number of urea groups is 1. The lowest BCUT2D eigenvalue weighted by Crippen LogP contribution is -2.51. The Morgan fingerprint density at radius 3 is 2.65 bits per heavy atom. The average molecular weight is 441 g/mol. The Balaban J connectivity index is 1.17. The second kappa shape index (κ2) is 8.43. The molecular formula is C23H25FN4O2S. The molecule has 31 heavy (non-hydrogen) atoms. The van der Waals surface area contributed by atoms with Crippen LogP contribution in [-0.4, -0.2) is 40.6 Å². The number of ether oxygens (including phenoxy) is 1. The van der Waals surface area contributed by atoms with E-state index in [-0.39, 0.29) is 11.9 Å². The van der Waals surface area contributed by atoms with E-state index in [9.17, 15) is 9.18 Å². The van der Waals surface area contributed by atoms with Crippen molar-refractivity contribution >= 4 is 27.6 Å². The summed E-state index contributed by atoms with van der Waals surface area (Å²) in [4.78, 5) is 18.2. The zero-order valence-electron chi connectivity index (χ0n) is 17.1. The number of primary amides is 1. The van der Waals surface area contributed by atoms with Crippen LogP contribution in [0.5, 0.6) is 10.9 Å². The molecule has 1 aromatic heterocycles. The molecule has 5 rings (SSSR count). The number of carbonyl (C=O) groups excluding carboxylic acids is 1. The number of carbonyl (C=O) groups is 1. The average Bonchev–Trinajstić information content (AvgIpc) is 3.23. The highest BCUT2D eigenvalue weighted by Gasteiger charge is 2.40. The number of hydrogen-bond donors (Lipinski definition) is 2. The molecule has 3 aromatic rings. The maximum absolute atomic E-state index is 13.4. The van der Waals surface area contributed by atoms with Crippen LogP contribution < -0.4 is 15.8 Å². The van der Waals surface area contributed by atoms with Crippen LogP contribution in [0, 0.1) is 5.82 Å². The lowest BCUT2D eigenvalue weighted by Gasteiger charge is -2.39. The highest BCUT2D eigenvalue weighted by Crippen LogP contribution is 2.36. The van der Waals surface area contributed by atoms with Gasteiger partial charge in [0.15, 0.2) is 0 Å². The number of hydrogen-bond acceptors (Lipinski definition) is 5. The largest absolute Gasteiger partial charge is 0.431 e. The van der Waals surface area contributed by atoms with Gasteiger partial charge in [0.25, 0.3) is 5.19 Å². The Morgan fingerprint density at radius 1 is 1.19 bits per heavy atom. The van der Waals surface area contributed by atoms with E-state index in [1.165, 1.54) is 41.9 Å². The molecule has 8 heteroatoms. The van der Waals surface area contributed by atoms with Gasteiger partial charge >= 0.3 is 6.03 Å². The number of halogens is 1. The molecule has 6 nitrogen and oxygen atoms in total. The van der Waals surface area contributed by atoms with Crippen molar-refractivity contribution in [2.75, 3.05) is 6.54 Å². The van der Waals surface area contributed by atoms with Crippen LogP contribution in [0.3, 0.4) is 0 Å². The first-order chi connectivity index (χ1) is 15.0. The third-order valence-electron chi connectivity index (χ3n) is 6.35. The van der Waals surface area contributed by atoms with Gasteiger partial charge in [-0.25, -0.2) is 14.2 Å². The monoisotopic (exact) mass is 440 g/mol. The number of rotatable bonds is 6. The predicted octanol–water partition coefficient (Wildman–Crippen LogP) is 4.43. The summed E-state index contributed by atoms with van der Waals surface area (Å²) < 4.78 is 20.0. The van der Waals surface area contributed by atoms with Crippen molar-refractivity contribution in [2.24, 2.45) is 5.73 Å². The van der Waals surface area contributed by atoms with Crippen LogP contribution in [0.25, 0.3) is 10.2 Å². The SMILES string of the molecule is NC(=O)NC1C[C@H]2CC[C@@H](C1)N2CCc1ccc(Oc2nc3ccc(F)cc3s2)cc1. The molecular weight excluding hydrogens is 415 g/mol. The molecule has 0 aliphatic carbocycles. The van der Waals surface area contributed by atoms with Gasteiger partial charge in [-0.15, -0.1) is 0 Å². The van der Waals surface area contributed by atoms with Gasteiger partial charge < -0.3 is 15.8 Å². The number of fused-ring (bicyclic) bond motifs is 3. The maximum Gasteiger partial charge on any atom is 0.312 e. The molecule has 0 radical (unpaired) electrons. The molecule has 3 heterocycles. The maximum atomic E-state index is 13.4. The first-order valence-electron chi connectivity index (χ1n) is 10.7. The molecule has 3 atom stereocenters. The lowest BCUT2D eigenvalue weighted by molar-refractivity contribution is 0.121. The molecule has 2 aromatic carbocycles. The molecule has 1 unspecified atom stereocenters. The van der Waals surface area contributed by atoms with Crippen LogP contribution in [0.15, 0.2) is 42.5 Å². The number of piperidine rings is 1. The molecule has 0 saturated carbocycles. The summed E-state index contributed by atoms with van der Waals surface area (Å²) >= 11 is 1.34. The fourth-order valence-electron chi connectivity index (χ4n) is 4.96. The first kappa shape index (κ1) is 20.2. The molecule has 3 N–H and O–H groups in total. The Kier molecular flexibility index (Phi) is 5.50. The Morgan fingerprint density at radius 2 is 1.94 bits per heavy atom. The summed E-state index contributed by atoms with van der Waals surface area (Å²) in [6.45, 7) is 1.02. The van der Waals surface area contributed by atoms with E-state index in [2.05, 4.69) is 27.3 Å². The van der Waals surface area contributed by atoms with Gasteiger partial charge in [-0.2, -0.15) is 0 Å². The molecule has 2 aliphatic heterocycles. The normalized spacial score (nSPS) is 23.2. The third kappa shape index (κ3) is 4.50. The molecule has 2 bridgehead atoms. The van der Waals surface area contributed by atoms with Gasteiger partial charge in [0.1, 0.15) is 11.6 Å². The van der Waals surface area contributed by atoms with Gasteiger partial charge in [0.2, 0.25) is 0 Å². The lowest BCUT2D eigenvalue weighted by atomic mass is 9.96. The first-order valence-corrected chi connectivity index (χ1v) is 11.5. The Bertz CT molecular complexity index is 1070. The quantitative estimate of drug-likeness (QED) is 0.594. The van der Waals surface area contributed by atoms with Gasteiger partial charge in [-0.3, -0.25) is 4.90 Å². The van der Waals surface area contributed by atoms with E-state index in [1.807, 2.05) is 12.1 Å². The van der Waals surface area contributed by atoms with Crippen molar-refractivity contribution in [1.82, 2.24) is 15.2 Å². The number of benzene rings is 2. The van der Waals surface area contributed by atoms with Crippen molar-refractivity contribution in [1.29, 1.82) is 0 Å². The highest BCUT2D eigenvalue weighted by atomic mass is 32.1. The van der Waals surface area contributed by atoms with Crippen molar-refractivity contribution in [2.45, 2.75) is 50.2 Å². The molecule has 0 spiro atoms. The van der Waals surface area contributed by atoms with Gasteiger partial charge in [-0.1, -0.05) is 23.5 Å². The number of nitrogens with two attached hydrogens (primary N) is 1. The summed E-state index contributed by atoms with van der Waals surface area (Å²) in [5.74, 6) is 0.454. The fourth-order valence-corrected chi connectivity index (χ4v) is 5.82. The number of thiazole rings is 1.